The van der Waals surface area contributed by atoms with Gasteiger partial charge in [-0.3, -0.25) is 0 Å². The van der Waals surface area contributed by atoms with Gasteiger partial charge in [-0.1, -0.05) is 315 Å². The summed E-state index contributed by atoms with van der Waals surface area (Å²) in [5.41, 5.74) is 20.5. The first-order valence-corrected chi connectivity index (χ1v) is 26.8. The van der Waals surface area contributed by atoms with Crippen LogP contribution in [0.4, 0.5) is 0 Å². The fourth-order valence-corrected chi connectivity index (χ4v) is 14.5. The fraction of sp³-hybridized carbons (Fsp3) is 0.111. The second kappa shape index (κ2) is 17.2. The van der Waals surface area contributed by atoms with Crippen LogP contribution in [0.1, 0.15) is 95.2 Å². The minimum absolute atomic E-state index is 0.00440. The van der Waals surface area contributed by atoms with E-state index in [0.29, 0.717) is 11.8 Å². The Balaban J connectivity index is 1.08. The first kappa shape index (κ1) is 44.5. The molecule has 74 heavy (non-hydrogen) atoms. The second-order valence-corrected chi connectivity index (χ2v) is 21.7. The predicted octanol–water partition coefficient (Wildman–Crippen LogP) is 13.3. The lowest BCUT2D eigenvalue weighted by Gasteiger charge is -2.45. The Morgan fingerprint density at radius 3 is 0.770 bits per heavy atom. The molecule has 0 nitrogen and oxygen atoms in total. The molecule has 0 bridgehead atoms. The molecule has 0 unspecified atom stereocenters. The smallest absolute Gasteiger partial charge is 0.0666 e. The molecule has 12 aromatic carbocycles. The van der Waals surface area contributed by atoms with E-state index < -0.39 is 10.8 Å². The number of rotatable bonds is 8. The van der Waals surface area contributed by atoms with E-state index in [4.69, 9.17) is 0 Å². The Labute approximate surface area is 436 Å². The summed E-state index contributed by atoms with van der Waals surface area (Å²) in [7, 11) is 0. The summed E-state index contributed by atoms with van der Waals surface area (Å²) in [6.07, 6.45) is 0. The minimum atomic E-state index is -0.511. The van der Waals surface area contributed by atoms with Crippen LogP contribution in [0.25, 0.3) is 32.3 Å². The Bertz CT molecular complexity index is 3640. The molecule has 0 atom stereocenters. The summed E-state index contributed by atoms with van der Waals surface area (Å²) < 4.78 is 0. The van der Waals surface area contributed by atoms with E-state index in [9.17, 15) is 0 Å². The van der Waals surface area contributed by atoms with Crippen LogP contribution in [0.15, 0.2) is 255 Å². The zero-order valence-electron chi connectivity index (χ0n) is 42.6. The molecule has 0 aliphatic carbocycles. The molecule has 350 valence electrons. The summed E-state index contributed by atoms with van der Waals surface area (Å²) >= 11 is 0. The lowest BCUT2D eigenvalue weighted by atomic mass is 9.30. The number of hydrogen-bond donors (Lipinski definition) is 0. The third-order valence-electron chi connectivity index (χ3n) is 17.4. The van der Waals surface area contributed by atoms with Gasteiger partial charge >= 0.3 is 0 Å². The molecule has 0 saturated carbocycles. The maximum absolute atomic E-state index is 2.60. The normalized spacial score (nSPS) is 14.4. The van der Waals surface area contributed by atoms with E-state index in [0.717, 1.165) is 0 Å². The van der Waals surface area contributed by atoms with Crippen LogP contribution in [0.2, 0.25) is 0 Å². The van der Waals surface area contributed by atoms with Crippen molar-refractivity contribution in [3.8, 4) is 0 Å². The summed E-state index contributed by atoms with van der Waals surface area (Å²) in [6.45, 7) is 9.55. The maximum Gasteiger partial charge on any atom is 0.242 e. The zero-order chi connectivity index (χ0) is 49.7. The van der Waals surface area contributed by atoms with Crippen molar-refractivity contribution in [2.24, 2.45) is 0 Å². The highest BCUT2D eigenvalue weighted by Crippen LogP contribution is 2.49. The average Bonchev–Trinajstić information content (AvgIpc) is 3.48. The van der Waals surface area contributed by atoms with Crippen molar-refractivity contribution in [2.45, 2.75) is 50.4 Å². The van der Waals surface area contributed by atoms with Gasteiger partial charge in [-0.15, -0.1) is 0 Å². The van der Waals surface area contributed by atoms with Gasteiger partial charge in [-0.2, -0.15) is 0 Å². The minimum Gasteiger partial charge on any atom is -0.0666 e. The van der Waals surface area contributed by atoms with Crippen LogP contribution in [0, 0.1) is 0 Å². The number of fused-ring (bicyclic) bond motifs is 4. The molecule has 2 aliphatic rings. The number of benzene rings is 12. The molecular weight excluding hydrogens is 886 g/mol. The molecule has 2 aliphatic heterocycles. The molecule has 0 radical (unpaired) electrons. The van der Waals surface area contributed by atoms with E-state index >= 15 is 0 Å². The average molecular weight is 943 g/mol. The van der Waals surface area contributed by atoms with Crippen molar-refractivity contribution in [3.05, 3.63) is 310 Å². The van der Waals surface area contributed by atoms with Gasteiger partial charge < -0.3 is 0 Å². The Morgan fingerprint density at radius 2 is 0.500 bits per heavy atom. The van der Waals surface area contributed by atoms with Crippen molar-refractivity contribution >= 4 is 78.5 Å². The monoisotopic (exact) mass is 942 g/mol. The van der Waals surface area contributed by atoms with Gasteiger partial charge in [0.1, 0.15) is 0 Å². The quantitative estimate of drug-likeness (QED) is 0.105. The summed E-state index contributed by atoms with van der Waals surface area (Å²) in [4.78, 5) is 0. The van der Waals surface area contributed by atoms with Crippen molar-refractivity contribution < 1.29 is 0 Å². The van der Waals surface area contributed by atoms with Crippen molar-refractivity contribution in [1.29, 1.82) is 0 Å². The van der Waals surface area contributed by atoms with Crippen LogP contribution in [-0.4, -0.2) is 13.4 Å². The summed E-state index contributed by atoms with van der Waals surface area (Å²) in [5.74, 6) is 0.593. The van der Waals surface area contributed by atoms with E-state index in [2.05, 4.69) is 282 Å². The standard InChI is InChI=1S/C72H56B2/c1-47(2)57-45-67(73-63-37-21-17-33-59(63)71(49-25-9-5-10-26-49,50-27-11-6-12-28-50)60-34-18-22-38-64(60)73)55-44-42-54-58(48(3)4)46-68(56-43-41-53(57)69(55)70(54)56)74-65-39-23-19-35-61(65)72(51-29-13-7-14-30-51,52-31-15-8-16-32-52)62-36-20-24-40-66(62)74/h5-48H,1-4H3. The summed E-state index contributed by atoms with van der Waals surface area (Å²) in [6, 6.07) is 97.6. The van der Waals surface area contributed by atoms with E-state index in [1.54, 1.807) is 0 Å². The largest absolute Gasteiger partial charge is 0.242 e. The first-order valence-electron chi connectivity index (χ1n) is 26.8. The molecule has 0 fully saturated rings. The predicted molar refractivity (Wildman–Crippen MR) is 317 cm³/mol. The third-order valence-corrected chi connectivity index (χ3v) is 17.4. The second-order valence-electron chi connectivity index (χ2n) is 21.7. The Kier molecular flexibility index (Phi) is 10.4. The topological polar surface area (TPSA) is 0 Å². The van der Waals surface area contributed by atoms with E-state index in [1.807, 2.05) is 0 Å². The van der Waals surface area contributed by atoms with E-state index in [1.165, 1.54) is 121 Å². The maximum atomic E-state index is 2.60. The zero-order valence-corrected chi connectivity index (χ0v) is 42.6. The van der Waals surface area contributed by atoms with Crippen LogP contribution in [0.3, 0.4) is 0 Å². The molecule has 0 amide bonds. The molecule has 0 N–H and O–H groups in total. The van der Waals surface area contributed by atoms with Crippen molar-refractivity contribution in [2.75, 3.05) is 0 Å². The van der Waals surface area contributed by atoms with Gasteiger partial charge in [0.05, 0.1) is 10.8 Å². The molecule has 2 heterocycles. The highest BCUT2D eigenvalue weighted by Gasteiger charge is 2.50. The highest BCUT2D eigenvalue weighted by molar-refractivity contribution is 6.99. The third kappa shape index (κ3) is 6.18. The van der Waals surface area contributed by atoms with Crippen LogP contribution < -0.4 is 32.8 Å². The lowest BCUT2D eigenvalue weighted by molar-refractivity contribution is 0.751. The van der Waals surface area contributed by atoms with Gasteiger partial charge in [0, 0.05) is 0 Å². The van der Waals surface area contributed by atoms with Crippen LogP contribution in [-0.2, 0) is 10.8 Å². The summed E-state index contributed by atoms with van der Waals surface area (Å²) in [5, 5.41) is 8.19. The Hall–Kier alpha value is -8.19. The molecule has 0 aromatic heterocycles. The van der Waals surface area contributed by atoms with Crippen molar-refractivity contribution in [1.82, 2.24) is 0 Å². The van der Waals surface area contributed by atoms with Crippen LogP contribution >= 0.6 is 0 Å². The first-order chi connectivity index (χ1) is 36.4. The van der Waals surface area contributed by atoms with E-state index in [-0.39, 0.29) is 13.4 Å². The van der Waals surface area contributed by atoms with Gasteiger partial charge in [-0.05, 0) is 99.8 Å². The Morgan fingerprint density at radius 1 is 0.257 bits per heavy atom. The van der Waals surface area contributed by atoms with Crippen molar-refractivity contribution in [3.63, 3.8) is 0 Å². The molecule has 2 heteroatoms. The molecule has 12 aromatic rings. The fourth-order valence-electron chi connectivity index (χ4n) is 14.5. The highest BCUT2D eigenvalue weighted by atomic mass is 14.4. The number of hydrogen-bond acceptors (Lipinski definition) is 0. The molecular formula is C72H56B2. The lowest BCUT2D eigenvalue weighted by Crippen LogP contribution is -2.62. The van der Waals surface area contributed by atoms with Gasteiger partial charge in [0.2, 0.25) is 13.4 Å². The molecule has 0 spiro atoms. The van der Waals surface area contributed by atoms with Crippen LogP contribution in [0.5, 0.6) is 0 Å². The van der Waals surface area contributed by atoms with Gasteiger partial charge in [-0.25, -0.2) is 0 Å². The molecule has 0 saturated heterocycles. The molecule has 14 rings (SSSR count). The van der Waals surface area contributed by atoms with Gasteiger partial charge in [0.15, 0.2) is 0 Å². The van der Waals surface area contributed by atoms with Gasteiger partial charge in [0.25, 0.3) is 0 Å². The SMILES string of the molecule is CC(C)c1cc(B2c3ccccc3C(c3ccccc3)(c3ccccc3)c3ccccc32)c2ccc3c(C(C)C)cc(B4c5ccccc5C(c5ccccc5)(c5ccccc5)c5ccccc54)c4ccc1c2c43.